The largest absolute Gasteiger partial charge is 0.504 e. The minimum absolute atomic E-state index is 0.142. The van der Waals surface area contributed by atoms with E-state index in [1.54, 1.807) is 6.07 Å². The molecular weight excluding hydrogens is 166 g/mol. The van der Waals surface area contributed by atoms with E-state index in [0.717, 1.165) is 11.1 Å². The van der Waals surface area contributed by atoms with Crippen molar-refractivity contribution in [2.45, 2.75) is 19.9 Å². The molecule has 0 radical (unpaired) electrons. The Morgan fingerprint density at radius 2 is 2.08 bits per heavy atom. The third kappa shape index (κ3) is 1.92. The minimum atomic E-state index is -0.186. The van der Waals surface area contributed by atoms with E-state index in [0.29, 0.717) is 5.75 Å². The van der Waals surface area contributed by atoms with Gasteiger partial charge in [0.25, 0.3) is 0 Å². The second-order valence-corrected chi connectivity index (χ2v) is 3.19. The van der Waals surface area contributed by atoms with Crippen LogP contribution in [0.4, 0.5) is 0 Å². The zero-order valence-electron chi connectivity index (χ0n) is 8.16. The van der Waals surface area contributed by atoms with Crippen molar-refractivity contribution >= 4 is 0 Å². The number of hydrogen-bond acceptors (Lipinski definition) is 3. The number of benzene rings is 1. The van der Waals surface area contributed by atoms with Crippen molar-refractivity contribution < 1.29 is 9.84 Å². The first-order chi connectivity index (χ1) is 6.06. The molecule has 3 nitrogen and oxygen atoms in total. The van der Waals surface area contributed by atoms with Crippen molar-refractivity contribution in [3.63, 3.8) is 0 Å². The first-order valence-corrected chi connectivity index (χ1v) is 4.19. The van der Waals surface area contributed by atoms with Crippen LogP contribution in [0.5, 0.6) is 11.5 Å². The second-order valence-electron chi connectivity index (χ2n) is 3.19. The van der Waals surface area contributed by atoms with E-state index in [2.05, 4.69) is 0 Å². The van der Waals surface area contributed by atoms with Gasteiger partial charge in [0.2, 0.25) is 0 Å². The zero-order valence-corrected chi connectivity index (χ0v) is 8.16. The van der Waals surface area contributed by atoms with E-state index in [4.69, 9.17) is 10.5 Å². The summed E-state index contributed by atoms with van der Waals surface area (Å²) in [4.78, 5) is 0. The highest BCUT2D eigenvalue weighted by molar-refractivity contribution is 5.49. The molecule has 1 unspecified atom stereocenters. The summed E-state index contributed by atoms with van der Waals surface area (Å²) in [6, 6.07) is 3.46. The summed E-state index contributed by atoms with van der Waals surface area (Å²) in [5.41, 5.74) is 7.44. The van der Waals surface area contributed by atoms with Crippen LogP contribution in [0, 0.1) is 6.92 Å². The zero-order chi connectivity index (χ0) is 10.0. The molecule has 13 heavy (non-hydrogen) atoms. The summed E-state index contributed by atoms with van der Waals surface area (Å²) < 4.78 is 5.01. The highest BCUT2D eigenvalue weighted by atomic mass is 16.5. The molecule has 0 saturated carbocycles. The average Bonchev–Trinajstić information content (AvgIpc) is 2.08. The number of aryl methyl sites for hydroxylation is 1. The van der Waals surface area contributed by atoms with Crippen LogP contribution in [0.15, 0.2) is 12.1 Å². The minimum Gasteiger partial charge on any atom is -0.504 e. The number of methoxy groups -OCH3 is 1. The third-order valence-corrected chi connectivity index (χ3v) is 1.96. The van der Waals surface area contributed by atoms with Crippen molar-refractivity contribution in [1.82, 2.24) is 0 Å². The molecule has 0 aliphatic carbocycles. The molecule has 3 heteroatoms. The van der Waals surface area contributed by atoms with Gasteiger partial charge in [-0.25, -0.2) is 0 Å². The maximum atomic E-state index is 9.68. The molecule has 1 aromatic rings. The number of ether oxygens (including phenoxy) is 1. The lowest BCUT2D eigenvalue weighted by Gasteiger charge is -2.12. The highest BCUT2D eigenvalue weighted by Gasteiger charge is 2.11. The van der Waals surface area contributed by atoms with E-state index in [1.165, 1.54) is 7.11 Å². The Morgan fingerprint density at radius 1 is 1.46 bits per heavy atom. The Hall–Kier alpha value is -1.22. The summed E-state index contributed by atoms with van der Waals surface area (Å²) in [6.45, 7) is 3.77. The molecular formula is C10H15NO2. The van der Waals surface area contributed by atoms with Crippen LogP contribution in [-0.4, -0.2) is 12.2 Å². The molecule has 3 N–H and O–H groups in total. The highest BCUT2D eigenvalue weighted by Crippen LogP contribution is 2.33. The van der Waals surface area contributed by atoms with Gasteiger partial charge in [0, 0.05) is 11.6 Å². The fourth-order valence-corrected chi connectivity index (χ4v) is 1.28. The van der Waals surface area contributed by atoms with E-state index >= 15 is 0 Å². The standard InChI is InChI=1S/C10H15NO2/c1-6-4-8(7(2)11)10(12)9(5-6)13-3/h4-5,7,12H,11H2,1-3H3. The molecule has 1 rings (SSSR count). The Kier molecular flexibility index (Phi) is 2.78. The van der Waals surface area contributed by atoms with Gasteiger partial charge in [-0.3, -0.25) is 0 Å². The normalized spacial score (nSPS) is 12.6. The molecule has 1 atom stereocenters. The topological polar surface area (TPSA) is 55.5 Å². The van der Waals surface area contributed by atoms with Gasteiger partial charge >= 0.3 is 0 Å². The van der Waals surface area contributed by atoms with Crippen LogP contribution in [0.25, 0.3) is 0 Å². The third-order valence-electron chi connectivity index (χ3n) is 1.96. The van der Waals surface area contributed by atoms with Crippen molar-refractivity contribution in [3.05, 3.63) is 23.3 Å². The SMILES string of the molecule is COc1cc(C)cc(C(C)N)c1O. The van der Waals surface area contributed by atoms with Crippen LogP contribution in [0.3, 0.4) is 0 Å². The van der Waals surface area contributed by atoms with Crippen LogP contribution in [0.2, 0.25) is 0 Å². The van der Waals surface area contributed by atoms with Gasteiger partial charge in [-0.05, 0) is 25.5 Å². The maximum absolute atomic E-state index is 9.68. The molecule has 72 valence electrons. The van der Waals surface area contributed by atoms with Gasteiger partial charge in [0.15, 0.2) is 11.5 Å². The monoisotopic (exact) mass is 181 g/mol. The second kappa shape index (κ2) is 3.66. The van der Waals surface area contributed by atoms with Crippen molar-refractivity contribution in [2.24, 2.45) is 5.73 Å². The van der Waals surface area contributed by atoms with Gasteiger partial charge in [0.05, 0.1) is 7.11 Å². The first kappa shape index (κ1) is 9.86. The Morgan fingerprint density at radius 3 is 2.54 bits per heavy atom. The van der Waals surface area contributed by atoms with Crippen LogP contribution < -0.4 is 10.5 Å². The number of phenols is 1. The fourth-order valence-electron chi connectivity index (χ4n) is 1.28. The predicted octanol–water partition coefficient (Wildman–Crippen LogP) is 1.73. The van der Waals surface area contributed by atoms with Crippen LogP contribution >= 0.6 is 0 Å². The number of nitrogens with two attached hydrogens (primary N) is 1. The molecule has 0 saturated heterocycles. The lowest BCUT2D eigenvalue weighted by molar-refractivity contribution is 0.369. The molecule has 0 aliphatic heterocycles. The van der Waals surface area contributed by atoms with Gasteiger partial charge in [-0.15, -0.1) is 0 Å². The van der Waals surface area contributed by atoms with E-state index in [1.807, 2.05) is 19.9 Å². The summed E-state index contributed by atoms with van der Waals surface area (Å²) >= 11 is 0. The summed E-state index contributed by atoms with van der Waals surface area (Å²) in [6.07, 6.45) is 0. The lowest BCUT2D eigenvalue weighted by Crippen LogP contribution is -2.06. The Balaban J connectivity index is 3.27. The van der Waals surface area contributed by atoms with Crippen LogP contribution in [-0.2, 0) is 0 Å². The van der Waals surface area contributed by atoms with E-state index < -0.39 is 0 Å². The predicted molar refractivity (Wildman–Crippen MR) is 52.0 cm³/mol. The molecule has 1 aromatic carbocycles. The number of rotatable bonds is 2. The van der Waals surface area contributed by atoms with Crippen molar-refractivity contribution in [2.75, 3.05) is 7.11 Å². The average molecular weight is 181 g/mol. The number of phenolic OH excluding ortho intramolecular Hbond substituents is 1. The molecule has 0 bridgehead atoms. The van der Waals surface area contributed by atoms with Gasteiger partial charge in [-0.1, -0.05) is 6.07 Å². The lowest BCUT2D eigenvalue weighted by atomic mass is 10.0. The maximum Gasteiger partial charge on any atom is 0.162 e. The molecule has 0 aliphatic rings. The molecule has 0 amide bonds. The Labute approximate surface area is 78.1 Å². The van der Waals surface area contributed by atoms with Gasteiger partial charge in [0.1, 0.15) is 0 Å². The smallest absolute Gasteiger partial charge is 0.162 e. The van der Waals surface area contributed by atoms with Crippen molar-refractivity contribution in [1.29, 1.82) is 0 Å². The fraction of sp³-hybridized carbons (Fsp3) is 0.400. The van der Waals surface area contributed by atoms with Gasteiger partial charge < -0.3 is 15.6 Å². The summed E-state index contributed by atoms with van der Waals surface area (Å²) in [5.74, 6) is 0.621. The van der Waals surface area contributed by atoms with Crippen LogP contribution in [0.1, 0.15) is 24.1 Å². The number of hydrogen-bond donors (Lipinski definition) is 2. The number of aromatic hydroxyl groups is 1. The quantitative estimate of drug-likeness (QED) is 0.730. The molecule has 0 fully saturated rings. The first-order valence-electron chi connectivity index (χ1n) is 4.19. The molecule has 0 spiro atoms. The summed E-state index contributed by atoms with van der Waals surface area (Å²) in [7, 11) is 1.53. The van der Waals surface area contributed by atoms with Crippen molar-refractivity contribution in [3.8, 4) is 11.5 Å². The molecule has 0 aromatic heterocycles. The Bertz CT molecular complexity index is 308. The van der Waals surface area contributed by atoms with Gasteiger partial charge in [-0.2, -0.15) is 0 Å². The van der Waals surface area contributed by atoms with E-state index in [-0.39, 0.29) is 11.8 Å². The summed E-state index contributed by atoms with van der Waals surface area (Å²) in [5, 5.41) is 9.68. The van der Waals surface area contributed by atoms with E-state index in [9.17, 15) is 5.11 Å². The molecule has 0 heterocycles.